The van der Waals surface area contributed by atoms with Gasteiger partial charge in [0.1, 0.15) is 5.82 Å². The fraction of sp³-hybridized carbons (Fsp3) is 0.222. The van der Waals surface area contributed by atoms with Gasteiger partial charge >= 0.3 is 6.09 Å². The number of anilines is 1. The van der Waals surface area contributed by atoms with E-state index in [-0.39, 0.29) is 40.9 Å². The summed E-state index contributed by atoms with van der Waals surface area (Å²) >= 11 is 6.03. The third kappa shape index (κ3) is 6.61. The summed E-state index contributed by atoms with van der Waals surface area (Å²) in [5.74, 6) is -1.06. The lowest BCUT2D eigenvalue weighted by molar-refractivity contribution is 0.0952. The van der Waals surface area contributed by atoms with Gasteiger partial charge in [0.15, 0.2) is 0 Å². The molecule has 0 heterocycles. The Morgan fingerprint density at radius 2 is 1.72 bits per heavy atom. The molecule has 11 heteroatoms. The molecule has 2 aromatic carbocycles. The molecule has 0 aliphatic carbocycles. The van der Waals surface area contributed by atoms with Crippen molar-refractivity contribution in [2.24, 2.45) is 0 Å². The van der Waals surface area contributed by atoms with E-state index in [1.807, 2.05) is 0 Å². The van der Waals surface area contributed by atoms with Gasteiger partial charge in [0.05, 0.1) is 22.2 Å². The van der Waals surface area contributed by atoms with Crippen molar-refractivity contribution < 1.29 is 27.1 Å². The van der Waals surface area contributed by atoms with Gasteiger partial charge in [0, 0.05) is 18.7 Å². The summed E-state index contributed by atoms with van der Waals surface area (Å²) in [6.07, 6.45) is -0.592. The van der Waals surface area contributed by atoms with Crippen molar-refractivity contribution in [3.63, 3.8) is 0 Å². The maximum atomic E-state index is 13.0. The summed E-state index contributed by atoms with van der Waals surface area (Å²) in [4.78, 5) is 23.2. The molecular formula is C18H19ClFN3O5S. The molecule has 0 radical (unpaired) electrons. The number of halogens is 2. The number of benzene rings is 2. The third-order valence-corrected chi connectivity index (χ3v) is 5.26. The summed E-state index contributed by atoms with van der Waals surface area (Å²) in [5, 5.41) is 5.10. The Bertz CT molecular complexity index is 983. The van der Waals surface area contributed by atoms with Crippen molar-refractivity contribution >= 4 is 39.3 Å². The van der Waals surface area contributed by atoms with E-state index in [2.05, 4.69) is 20.1 Å². The third-order valence-electron chi connectivity index (χ3n) is 3.55. The standard InChI is InChI=1S/C18H19ClFN3O5S/c1-2-28-18(25)22-10-9-21-17(24)12-3-8-15(19)16(11-12)23-29(26,27)14-6-4-13(20)5-7-14/h3-8,11,23H,2,9-10H2,1H3,(H,21,24)(H,22,25). The van der Waals surface area contributed by atoms with Crippen LogP contribution in [-0.2, 0) is 14.8 Å². The summed E-state index contributed by atoms with van der Waals surface area (Å²) in [5.41, 5.74) is 0.149. The Morgan fingerprint density at radius 3 is 2.38 bits per heavy atom. The highest BCUT2D eigenvalue weighted by Crippen LogP contribution is 2.26. The highest BCUT2D eigenvalue weighted by Gasteiger charge is 2.17. The molecule has 0 atom stereocenters. The van der Waals surface area contributed by atoms with Crippen molar-refractivity contribution in [2.75, 3.05) is 24.4 Å². The van der Waals surface area contributed by atoms with Crippen LogP contribution in [-0.4, -0.2) is 40.1 Å². The van der Waals surface area contributed by atoms with Crippen LogP contribution in [0.15, 0.2) is 47.4 Å². The van der Waals surface area contributed by atoms with Crippen LogP contribution in [0.1, 0.15) is 17.3 Å². The van der Waals surface area contributed by atoms with Gasteiger partial charge in [-0.15, -0.1) is 0 Å². The number of rotatable bonds is 8. The first-order valence-corrected chi connectivity index (χ1v) is 10.4. The second kappa shape index (κ2) is 10.1. The van der Waals surface area contributed by atoms with Crippen LogP contribution in [0.25, 0.3) is 0 Å². The number of nitrogens with one attached hydrogen (secondary N) is 3. The van der Waals surface area contributed by atoms with Gasteiger partial charge in [0.2, 0.25) is 0 Å². The largest absolute Gasteiger partial charge is 0.450 e. The molecule has 0 unspecified atom stereocenters. The molecule has 0 aliphatic heterocycles. The van der Waals surface area contributed by atoms with E-state index in [4.69, 9.17) is 11.6 Å². The van der Waals surface area contributed by atoms with Crippen LogP contribution in [0.5, 0.6) is 0 Å². The van der Waals surface area contributed by atoms with Crippen LogP contribution in [0.3, 0.4) is 0 Å². The van der Waals surface area contributed by atoms with Gasteiger partial charge < -0.3 is 15.4 Å². The van der Waals surface area contributed by atoms with Crippen LogP contribution in [0.4, 0.5) is 14.9 Å². The summed E-state index contributed by atoms with van der Waals surface area (Å²) in [6, 6.07) is 8.32. The SMILES string of the molecule is CCOC(=O)NCCNC(=O)c1ccc(Cl)c(NS(=O)(=O)c2ccc(F)cc2)c1. The minimum absolute atomic E-state index is 0.00621. The maximum Gasteiger partial charge on any atom is 0.407 e. The molecule has 29 heavy (non-hydrogen) atoms. The minimum atomic E-state index is -4.03. The molecule has 3 N–H and O–H groups in total. The van der Waals surface area contributed by atoms with Crippen molar-refractivity contribution in [2.45, 2.75) is 11.8 Å². The van der Waals surface area contributed by atoms with Crippen molar-refractivity contribution in [3.8, 4) is 0 Å². The second-order valence-corrected chi connectivity index (χ2v) is 7.75. The van der Waals surface area contributed by atoms with Gasteiger partial charge in [0.25, 0.3) is 15.9 Å². The molecule has 0 bridgehead atoms. The number of hydrogen-bond donors (Lipinski definition) is 3. The van der Waals surface area contributed by atoms with Crippen molar-refractivity contribution in [3.05, 3.63) is 58.9 Å². The zero-order valence-corrected chi connectivity index (χ0v) is 16.9. The Morgan fingerprint density at radius 1 is 1.07 bits per heavy atom. The van der Waals surface area contributed by atoms with E-state index in [0.29, 0.717) is 0 Å². The van der Waals surface area contributed by atoms with E-state index in [0.717, 1.165) is 24.3 Å². The fourth-order valence-corrected chi connectivity index (χ4v) is 3.48. The van der Waals surface area contributed by atoms with Crippen LogP contribution in [0.2, 0.25) is 5.02 Å². The average molecular weight is 444 g/mol. The molecule has 0 aliphatic rings. The lowest BCUT2D eigenvalue weighted by Gasteiger charge is -2.12. The first kappa shape index (κ1) is 22.4. The van der Waals surface area contributed by atoms with E-state index in [1.54, 1.807) is 6.92 Å². The molecule has 2 amide bonds. The van der Waals surface area contributed by atoms with Crippen LogP contribution < -0.4 is 15.4 Å². The molecule has 156 valence electrons. The normalized spacial score (nSPS) is 10.9. The fourth-order valence-electron chi connectivity index (χ4n) is 2.19. The number of carbonyl (C=O) groups excluding carboxylic acids is 2. The highest BCUT2D eigenvalue weighted by atomic mass is 35.5. The number of sulfonamides is 1. The topological polar surface area (TPSA) is 114 Å². The average Bonchev–Trinajstić information content (AvgIpc) is 2.67. The summed E-state index contributed by atoms with van der Waals surface area (Å²) < 4.78 is 44.8. The predicted molar refractivity (Wildman–Crippen MR) is 106 cm³/mol. The Kier molecular flexibility index (Phi) is 7.80. The van der Waals surface area contributed by atoms with E-state index < -0.39 is 27.8 Å². The van der Waals surface area contributed by atoms with E-state index >= 15 is 0 Å². The quantitative estimate of drug-likeness (QED) is 0.543. The summed E-state index contributed by atoms with van der Waals surface area (Å²) in [6.45, 7) is 2.20. The van der Waals surface area contributed by atoms with E-state index in [1.165, 1.54) is 18.2 Å². The molecule has 2 rings (SSSR count). The number of ether oxygens (including phenoxy) is 1. The van der Waals surface area contributed by atoms with Gasteiger partial charge in [-0.1, -0.05) is 11.6 Å². The molecule has 0 fully saturated rings. The van der Waals surface area contributed by atoms with Gasteiger partial charge in [-0.3, -0.25) is 9.52 Å². The van der Waals surface area contributed by atoms with Crippen molar-refractivity contribution in [1.82, 2.24) is 10.6 Å². The molecular weight excluding hydrogens is 425 g/mol. The first-order chi connectivity index (χ1) is 13.7. The number of amides is 2. The highest BCUT2D eigenvalue weighted by molar-refractivity contribution is 7.92. The number of carbonyl (C=O) groups is 2. The lowest BCUT2D eigenvalue weighted by Crippen LogP contribution is -2.35. The van der Waals surface area contributed by atoms with E-state index in [9.17, 15) is 22.4 Å². The zero-order chi connectivity index (χ0) is 21.4. The van der Waals surface area contributed by atoms with Crippen LogP contribution in [0, 0.1) is 5.82 Å². The second-order valence-electron chi connectivity index (χ2n) is 5.66. The van der Waals surface area contributed by atoms with Gasteiger partial charge in [-0.2, -0.15) is 0 Å². The zero-order valence-electron chi connectivity index (χ0n) is 15.4. The molecule has 0 spiro atoms. The molecule has 0 saturated carbocycles. The molecule has 2 aromatic rings. The van der Waals surface area contributed by atoms with Gasteiger partial charge in [-0.25, -0.2) is 17.6 Å². The maximum absolute atomic E-state index is 13.0. The molecule has 8 nitrogen and oxygen atoms in total. The molecule has 0 aromatic heterocycles. The lowest BCUT2D eigenvalue weighted by atomic mass is 10.2. The first-order valence-electron chi connectivity index (χ1n) is 8.49. The predicted octanol–water partition coefficient (Wildman–Crippen LogP) is 2.76. The Hall–Kier alpha value is -2.85. The monoisotopic (exact) mass is 443 g/mol. The number of hydrogen-bond acceptors (Lipinski definition) is 5. The van der Waals surface area contributed by atoms with Gasteiger partial charge in [-0.05, 0) is 49.4 Å². The molecule has 0 saturated heterocycles. The smallest absolute Gasteiger partial charge is 0.407 e. The minimum Gasteiger partial charge on any atom is -0.450 e. The van der Waals surface area contributed by atoms with Crippen LogP contribution >= 0.6 is 11.6 Å². The number of alkyl carbamates (subject to hydrolysis) is 1. The Balaban J connectivity index is 2.04. The summed E-state index contributed by atoms with van der Waals surface area (Å²) in [7, 11) is -4.03. The van der Waals surface area contributed by atoms with Crippen molar-refractivity contribution in [1.29, 1.82) is 0 Å². The Labute approximate surface area is 172 Å².